The first-order valence-corrected chi connectivity index (χ1v) is 12.9. The van der Waals surface area contributed by atoms with Crippen LogP contribution in [0, 0.1) is 0 Å². The van der Waals surface area contributed by atoms with E-state index in [0.29, 0.717) is 28.9 Å². The Kier molecular flexibility index (Phi) is 10.4. The molecule has 0 aliphatic heterocycles. The summed E-state index contributed by atoms with van der Waals surface area (Å²) in [4.78, 5) is 33.5. The molecule has 0 aliphatic rings. The zero-order valence-electron chi connectivity index (χ0n) is 21.9. The van der Waals surface area contributed by atoms with Crippen LogP contribution in [0.25, 0.3) is 0 Å². The molecular weight excluding hydrogens is 532 g/mol. The van der Waals surface area contributed by atoms with Crippen LogP contribution in [0.4, 0.5) is 0 Å². The Morgan fingerprint density at radius 3 is 2.35 bits per heavy atom. The van der Waals surface area contributed by atoms with E-state index in [4.69, 9.17) is 25.8 Å². The van der Waals surface area contributed by atoms with E-state index in [0.717, 1.165) is 11.1 Å². The normalized spacial score (nSPS) is 11.3. The summed E-state index contributed by atoms with van der Waals surface area (Å²) in [6.07, 6.45) is 4.41. The number of nitrogens with one attached hydrogen (secondary N) is 2. The molecule has 206 valence electrons. The molecule has 4 aromatic rings. The standard InChI is InChI=1S/C30H29ClN4O5/c1-38-25-11-12-28(26(31)15-25)40-24-9-7-21(8-10-24)16-34-30(37)27(35-29(36)23-17-32-20-33-18-23)13-14-39-19-22-5-3-2-4-6-22/h2-12,15,17-18,20,27H,13-14,16,19H2,1H3,(H,34,37)(H,35,36). The number of amides is 2. The number of nitrogens with zero attached hydrogens (tertiary/aromatic N) is 2. The topological polar surface area (TPSA) is 112 Å². The molecule has 1 heterocycles. The molecule has 3 aromatic carbocycles. The third-order valence-electron chi connectivity index (χ3n) is 5.86. The number of benzene rings is 3. The van der Waals surface area contributed by atoms with Crippen molar-refractivity contribution in [3.63, 3.8) is 0 Å². The minimum Gasteiger partial charge on any atom is -0.497 e. The maximum absolute atomic E-state index is 13.1. The van der Waals surface area contributed by atoms with Crippen LogP contribution in [0.15, 0.2) is 91.5 Å². The number of hydrogen-bond acceptors (Lipinski definition) is 7. The number of methoxy groups -OCH3 is 1. The summed E-state index contributed by atoms with van der Waals surface area (Å²) < 4.78 is 16.8. The molecule has 1 atom stereocenters. The summed E-state index contributed by atoms with van der Waals surface area (Å²) in [6, 6.07) is 21.3. The number of halogens is 1. The smallest absolute Gasteiger partial charge is 0.255 e. The van der Waals surface area contributed by atoms with Gasteiger partial charge >= 0.3 is 0 Å². The molecular formula is C30H29ClN4O5. The maximum atomic E-state index is 13.1. The molecule has 2 amide bonds. The Bertz CT molecular complexity index is 1390. The molecule has 0 saturated heterocycles. The Balaban J connectivity index is 1.33. The molecule has 9 nitrogen and oxygen atoms in total. The highest BCUT2D eigenvalue weighted by Crippen LogP contribution is 2.32. The minimum absolute atomic E-state index is 0.258. The zero-order valence-corrected chi connectivity index (χ0v) is 22.6. The summed E-state index contributed by atoms with van der Waals surface area (Å²) in [7, 11) is 1.57. The third-order valence-corrected chi connectivity index (χ3v) is 6.16. The van der Waals surface area contributed by atoms with E-state index in [-0.39, 0.29) is 31.0 Å². The molecule has 2 N–H and O–H groups in total. The number of ether oxygens (including phenoxy) is 3. The van der Waals surface area contributed by atoms with Crippen molar-refractivity contribution in [3.05, 3.63) is 113 Å². The van der Waals surface area contributed by atoms with Crippen molar-refractivity contribution in [2.45, 2.75) is 25.6 Å². The molecule has 0 fully saturated rings. The first-order valence-electron chi connectivity index (χ1n) is 12.6. The van der Waals surface area contributed by atoms with Gasteiger partial charge in [-0.25, -0.2) is 9.97 Å². The lowest BCUT2D eigenvalue weighted by atomic mass is 10.1. The Morgan fingerprint density at radius 1 is 0.925 bits per heavy atom. The van der Waals surface area contributed by atoms with E-state index < -0.39 is 11.9 Å². The van der Waals surface area contributed by atoms with Crippen LogP contribution in [0.5, 0.6) is 17.2 Å². The molecule has 0 bridgehead atoms. The van der Waals surface area contributed by atoms with Crippen molar-refractivity contribution in [1.82, 2.24) is 20.6 Å². The molecule has 0 radical (unpaired) electrons. The van der Waals surface area contributed by atoms with E-state index in [1.54, 1.807) is 37.4 Å². The second-order valence-electron chi connectivity index (χ2n) is 8.74. The number of aromatic nitrogens is 2. The van der Waals surface area contributed by atoms with Gasteiger partial charge in [-0.3, -0.25) is 9.59 Å². The van der Waals surface area contributed by atoms with Crippen molar-refractivity contribution in [2.75, 3.05) is 13.7 Å². The quantitative estimate of drug-likeness (QED) is 0.222. The van der Waals surface area contributed by atoms with Crippen LogP contribution in [0.3, 0.4) is 0 Å². The lowest BCUT2D eigenvalue weighted by Gasteiger charge is -2.19. The lowest BCUT2D eigenvalue weighted by Crippen LogP contribution is -2.47. The van der Waals surface area contributed by atoms with Gasteiger partial charge in [0.05, 0.1) is 24.3 Å². The van der Waals surface area contributed by atoms with Crippen LogP contribution in [-0.4, -0.2) is 41.5 Å². The molecule has 1 aromatic heterocycles. The molecule has 0 spiro atoms. The van der Waals surface area contributed by atoms with Gasteiger partial charge < -0.3 is 24.8 Å². The monoisotopic (exact) mass is 560 g/mol. The highest BCUT2D eigenvalue weighted by atomic mass is 35.5. The Morgan fingerprint density at radius 2 is 1.65 bits per heavy atom. The minimum atomic E-state index is -0.816. The van der Waals surface area contributed by atoms with Crippen LogP contribution >= 0.6 is 11.6 Å². The highest BCUT2D eigenvalue weighted by molar-refractivity contribution is 6.32. The van der Waals surface area contributed by atoms with Gasteiger partial charge in [0.2, 0.25) is 5.91 Å². The number of carbonyl (C=O) groups is 2. The van der Waals surface area contributed by atoms with Crippen molar-refractivity contribution in [1.29, 1.82) is 0 Å². The van der Waals surface area contributed by atoms with Crippen LogP contribution < -0.4 is 20.1 Å². The Labute approximate surface area is 237 Å². The summed E-state index contributed by atoms with van der Waals surface area (Å²) in [6.45, 7) is 0.943. The van der Waals surface area contributed by atoms with Crippen LogP contribution in [-0.2, 0) is 22.7 Å². The van der Waals surface area contributed by atoms with E-state index in [1.165, 1.54) is 18.7 Å². The molecule has 0 saturated carbocycles. The number of rotatable bonds is 13. The molecule has 1 unspecified atom stereocenters. The zero-order chi connectivity index (χ0) is 28.2. The van der Waals surface area contributed by atoms with Gasteiger partial charge in [-0.2, -0.15) is 0 Å². The van der Waals surface area contributed by atoms with E-state index >= 15 is 0 Å². The fourth-order valence-corrected chi connectivity index (χ4v) is 3.91. The molecule has 40 heavy (non-hydrogen) atoms. The van der Waals surface area contributed by atoms with Gasteiger partial charge in [0.15, 0.2) is 0 Å². The number of hydrogen-bond donors (Lipinski definition) is 2. The van der Waals surface area contributed by atoms with Gasteiger partial charge in [0.1, 0.15) is 29.6 Å². The molecule has 4 rings (SSSR count). The lowest BCUT2D eigenvalue weighted by molar-refractivity contribution is -0.123. The van der Waals surface area contributed by atoms with Gasteiger partial charge in [-0.1, -0.05) is 54.1 Å². The van der Waals surface area contributed by atoms with Crippen molar-refractivity contribution >= 4 is 23.4 Å². The summed E-state index contributed by atoms with van der Waals surface area (Å²) >= 11 is 6.26. The summed E-state index contributed by atoms with van der Waals surface area (Å²) in [5, 5.41) is 6.08. The van der Waals surface area contributed by atoms with Gasteiger partial charge in [-0.05, 0) is 41.8 Å². The van der Waals surface area contributed by atoms with E-state index in [2.05, 4.69) is 20.6 Å². The molecule has 0 aliphatic carbocycles. The van der Waals surface area contributed by atoms with Gasteiger partial charge in [0, 0.05) is 31.6 Å². The second kappa shape index (κ2) is 14.6. The Hall–Kier alpha value is -4.47. The second-order valence-corrected chi connectivity index (χ2v) is 9.15. The fourth-order valence-electron chi connectivity index (χ4n) is 3.70. The summed E-state index contributed by atoms with van der Waals surface area (Å²) in [5.74, 6) is 0.951. The van der Waals surface area contributed by atoms with Crippen LogP contribution in [0.1, 0.15) is 27.9 Å². The largest absolute Gasteiger partial charge is 0.497 e. The van der Waals surface area contributed by atoms with Gasteiger partial charge in [0.25, 0.3) is 5.91 Å². The predicted molar refractivity (Wildman–Crippen MR) is 150 cm³/mol. The van der Waals surface area contributed by atoms with Crippen LogP contribution in [0.2, 0.25) is 5.02 Å². The van der Waals surface area contributed by atoms with E-state index in [9.17, 15) is 9.59 Å². The third kappa shape index (κ3) is 8.52. The van der Waals surface area contributed by atoms with Crippen molar-refractivity contribution in [2.24, 2.45) is 0 Å². The first-order chi connectivity index (χ1) is 19.5. The van der Waals surface area contributed by atoms with Gasteiger partial charge in [-0.15, -0.1) is 0 Å². The van der Waals surface area contributed by atoms with Crippen molar-refractivity contribution < 1.29 is 23.8 Å². The average molecular weight is 561 g/mol. The SMILES string of the molecule is COc1ccc(Oc2ccc(CNC(=O)C(CCOCc3ccccc3)NC(=O)c3cncnc3)cc2)c(Cl)c1. The molecule has 10 heteroatoms. The fraction of sp³-hybridized carbons (Fsp3) is 0.200. The first kappa shape index (κ1) is 28.5. The number of carbonyl (C=O) groups excluding carboxylic acids is 2. The predicted octanol–water partition coefficient (Wildman–Crippen LogP) is 4.95. The maximum Gasteiger partial charge on any atom is 0.255 e. The van der Waals surface area contributed by atoms with E-state index in [1.807, 2.05) is 42.5 Å². The highest BCUT2D eigenvalue weighted by Gasteiger charge is 2.21. The average Bonchev–Trinajstić information content (AvgIpc) is 3.00. The summed E-state index contributed by atoms with van der Waals surface area (Å²) in [5.41, 5.74) is 2.14. The van der Waals surface area contributed by atoms with Crippen molar-refractivity contribution in [3.8, 4) is 17.2 Å².